The number of hydrogen-bond acceptors (Lipinski definition) is 4. The van der Waals surface area contributed by atoms with Gasteiger partial charge >= 0.3 is 0 Å². The second-order valence-electron chi connectivity index (χ2n) is 4.73. The lowest BCUT2D eigenvalue weighted by Gasteiger charge is -2.17. The molecule has 0 fully saturated rings. The van der Waals surface area contributed by atoms with E-state index in [1.54, 1.807) is 19.2 Å². The van der Waals surface area contributed by atoms with Gasteiger partial charge < -0.3 is 20.2 Å². The van der Waals surface area contributed by atoms with Crippen LogP contribution in [0.1, 0.15) is 36.6 Å². The van der Waals surface area contributed by atoms with Crippen LogP contribution in [-0.2, 0) is 11.3 Å². The molecule has 5 nitrogen and oxygen atoms in total. The molecule has 6 heteroatoms. The number of carbonyl (C=O) groups is 1. The van der Waals surface area contributed by atoms with Gasteiger partial charge in [0.15, 0.2) is 5.76 Å². The first-order valence-corrected chi connectivity index (χ1v) is 6.15. The maximum absolute atomic E-state index is 11.9. The zero-order valence-electron chi connectivity index (χ0n) is 11.6. The maximum atomic E-state index is 11.9. The molecule has 0 aliphatic carbocycles. The van der Waals surface area contributed by atoms with Gasteiger partial charge in [0.2, 0.25) is 0 Å². The van der Waals surface area contributed by atoms with Crippen LogP contribution in [0.4, 0.5) is 0 Å². The van der Waals surface area contributed by atoms with Gasteiger partial charge in [-0.15, -0.1) is 12.4 Å². The van der Waals surface area contributed by atoms with Crippen molar-refractivity contribution in [2.45, 2.75) is 32.9 Å². The molecule has 0 saturated carbocycles. The molecule has 0 spiro atoms. The Labute approximate surface area is 120 Å². The van der Waals surface area contributed by atoms with Crippen molar-refractivity contribution in [3.63, 3.8) is 0 Å². The van der Waals surface area contributed by atoms with E-state index < -0.39 is 0 Å². The quantitative estimate of drug-likeness (QED) is 0.804. The molecule has 110 valence electrons. The Morgan fingerprint density at radius 1 is 1.47 bits per heavy atom. The summed E-state index contributed by atoms with van der Waals surface area (Å²) in [5.74, 6) is 1.19. The van der Waals surface area contributed by atoms with Crippen LogP contribution in [0.15, 0.2) is 16.5 Å². The second kappa shape index (κ2) is 8.96. The molecule has 1 atom stereocenters. The van der Waals surface area contributed by atoms with Gasteiger partial charge in [0.25, 0.3) is 5.91 Å². The molecule has 1 aromatic rings. The number of carbonyl (C=O) groups excluding carboxylic acids is 1. The van der Waals surface area contributed by atoms with Crippen LogP contribution in [0.25, 0.3) is 0 Å². The molecule has 19 heavy (non-hydrogen) atoms. The molecule has 1 unspecified atom stereocenters. The first-order chi connectivity index (χ1) is 8.56. The van der Waals surface area contributed by atoms with Gasteiger partial charge in [0.05, 0.1) is 0 Å². The number of rotatable bonds is 7. The van der Waals surface area contributed by atoms with Gasteiger partial charge in [-0.05, 0) is 24.5 Å². The zero-order valence-corrected chi connectivity index (χ0v) is 12.5. The fraction of sp³-hybridized carbons (Fsp3) is 0.615. The number of furan rings is 1. The van der Waals surface area contributed by atoms with Crippen molar-refractivity contribution < 1.29 is 13.9 Å². The summed E-state index contributed by atoms with van der Waals surface area (Å²) in [6.07, 6.45) is 0.855. The lowest BCUT2D eigenvalue weighted by atomic mass is 10.0. The normalized spacial score (nSPS) is 12.1. The van der Waals surface area contributed by atoms with Gasteiger partial charge in [-0.1, -0.05) is 13.8 Å². The molecule has 1 heterocycles. The van der Waals surface area contributed by atoms with Gasteiger partial charge in [0, 0.05) is 19.7 Å². The van der Waals surface area contributed by atoms with Crippen molar-refractivity contribution in [2.24, 2.45) is 11.7 Å². The van der Waals surface area contributed by atoms with Crippen LogP contribution in [0.3, 0.4) is 0 Å². The van der Waals surface area contributed by atoms with Crippen molar-refractivity contribution in [1.29, 1.82) is 0 Å². The van der Waals surface area contributed by atoms with Crippen molar-refractivity contribution in [1.82, 2.24) is 5.32 Å². The topological polar surface area (TPSA) is 77.5 Å². The standard InChI is InChI=1S/C13H22N2O3.ClH/c1-9(2)6-10(7-14)15-13(16)12-5-4-11(18-12)8-17-3;/h4-5,9-10H,6-8,14H2,1-3H3,(H,15,16);1H. The summed E-state index contributed by atoms with van der Waals surface area (Å²) in [6.45, 7) is 4.98. The molecule has 1 aromatic heterocycles. The molecule has 0 saturated heterocycles. The Hall–Kier alpha value is -1.04. The van der Waals surface area contributed by atoms with Crippen LogP contribution in [-0.4, -0.2) is 25.6 Å². The van der Waals surface area contributed by atoms with Gasteiger partial charge in [-0.2, -0.15) is 0 Å². The van der Waals surface area contributed by atoms with E-state index in [2.05, 4.69) is 19.2 Å². The number of nitrogens with two attached hydrogens (primary N) is 1. The minimum absolute atomic E-state index is 0. The minimum atomic E-state index is -0.228. The third-order valence-corrected chi connectivity index (χ3v) is 2.55. The minimum Gasteiger partial charge on any atom is -0.453 e. The van der Waals surface area contributed by atoms with E-state index in [1.807, 2.05) is 0 Å². The van der Waals surface area contributed by atoms with Gasteiger partial charge in [0.1, 0.15) is 12.4 Å². The molecule has 1 rings (SSSR count). The van der Waals surface area contributed by atoms with Crippen LogP contribution in [0.5, 0.6) is 0 Å². The molecule has 0 aromatic carbocycles. The monoisotopic (exact) mass is 290 g/mol. The average Bonchev–Trinajstić information content (AvgIpc) is 2.76. The van der Waals surface area contributed by atoms with E-state index >= 15 is 0 Å². The molecular formula is C13H23ClN2O3. The van der Waals surface area contributed by atoms with Crippen LogP contribution < -0.4 is 11.1 Å². The second-order valence-corrected chi connectivity index (χ2v) is 4.73. The predicted octanol–water partition coefficient (Wildman–Crippen LogP) is 1.95. The summed E-state index contributed by atoms with van der Waals surface area (Å²) in [6, 6.07) is 3.36. The van der Waals surface area contributed by atoms with Crippen LogP contribution >= 0.6 is 12.4 Å². The number of methoxy groups -OCH3 is 1. The Kier molecular flexibility index (Phi) is 8.47. The van der Waals surface area contributed by atoms with Crippen molar-refractivity contribution in [3.05, 3.63) is 23.7 Å². The van der Waals surface area contributed by atoms with E-state index in [0.717, 1.165) is 6.42 Å². The fourth-order valence-corrected chi connectivity index (χ4v) is 1.76. The number of nitrogens with one attached hydrogen (secondary N) is 1. The average molecular weight is 291 g/mol. The Balaban J connectivity index is 0.00000324. The highest BCUT2D eigenvalue weighted by Gasteiger charge is 2.16. The van der Waals surface area contributed by atoms with Crippen molar-refractivity contribution >= 4 is 18.3 Å². The van der Waals surface area contributed by atoms with Gasteiger partial charge in [-0.3, -0.25) is 4.79 Å². The molecule has 3 N–H and O–H groups in total. The summed E-state index contributed by atoms with van der Waals surface area (Å²) < 4.78 is 10.3. The summed E-state index contributed by atoms with van der Waals surface area (Å²) >= 11 is 0. The molecule has 0 radical (unpaired) electrons. The number of ether oxygens (including phenoxy) is 1. The Bertz CT molecular complexity index is 380. The van der Waals surface area contributed by atoms with E-state index in [9.17, 15) is 4.79 Å². The third-order valence-electron chi connectivity index (χ3n) is 2.55. The van der Waals surface area contributed by atoms with Crippen molar-refractivity contribution in [3.8, 4) is 0 Å². The first kappa shape index (κ1) is 18.0. The van der Waals surface area contributed by atoms with E-state index in [4.69, 9.17) is 14.9 Å². The van der Waals surface area contributed by atoms with Crippen molar-refractivity contribution in [2.75, 3.05) is 13.7 Å². The zero-order chi connectivity index (χ0) is 13.5. The summed E-state index contributed by atoms with van der Waals surface area (Å²) in [7, 11) is 1.58. The van der Waals surface area contributed by atoms with Crippen LogP contribution in [0.2, 0.25) is 0 Å². The largest absolute Gasteiger partial charge is 0.453 e. The van der Waals surface area contributed by atoms with E-state index in [0.29, 0.717) is 30.6 Å². The fourth-order valence-electron chi connectivity index (χ4n) is 1.76. The van der Waals surface area contributed by atoms with Gasteiger partial charge in [-0.25, -0.2) is 0 Å². The highest BCUT2D eigenvalue weighted by molar-refractivity contribution is 5.91. The predicted molar refractivity (Wildman–Crippen MR) is 76.4 cm³/mol. The summed E-state index contributed by atoms with van der Waals surface area (Å²) in [5.41, 5.74) is 5.64. The third kappa shape index (κ3) is 6.09. The Morgan fingerprint density at radius 2 is 2.16 bits per heavy atom. The molecule has 1 amide bonds. The lowest BCUT2D eigenvalue weighted by Crippen LogP contribution is -2.40. The maximum Gasteiger partial charge on any atom is 0.287 e. The first-order valence-electron chi connectivity index (χ1n) is 6.15. The molecule has 0 aliphatic rings. The molecule has 0 bridgehead atoms. The number of halogens is 1. The summed E-state index contributed by atoms with van der Waals surface area (Å²) in [4.78, 5) is 11.9. The number of hydrogen-bond donors (Lipinski definition) is 2. The highest BCUT2D eigenvalue weighted by atomic mass is 35.5. The Morgan fingerprint density at radius 3 is 2.68 bits per heavy atom. The van der Waals surface area contributed by atoms with E-state index in [1.165, 1.54) is 0 Å². The highest BCUT2D eigenvalue weighted by Crippen LogP contribution is 2.10. The smallest absolute Gasteiger partial charge is 0.287 e. The lowest BCUT2D eigenvalue weighted by molar-refractivity contribution is 0.0897. The van der Waals surface area contributed by atoms with E-state index in [-0.39, 0.29) is 24.4 Å². The molecular weight excluding hydrogens is 268 g/mol. The van der Waals surface area contributed by atoms with Crippen LogP contribution in [0, 0.1) is 5.92 Å². The number of amides is 1. The SMILES string of the molecule is COCc1ccc(C(=O)NC(CN)CC(C)C)o1.Cl. The summed E-state index contributed by atoms with van der Waals surface area (Å²) in [5, 5.41) is 2.87. The molecule has 0 aliphatic heterocycles.